The SMILES string of the molecule is CC1(C)C2=C(c3ccccc31)c1cccc3c1B2c1ccc(-c2cccc4c2oc2ccccc24)cc1O3. The molecule has 1 aromatic heterocycles. The Balaban J connectivity index is 1.26. The highest BCUT2D eigenvalue weighted by Gasteiger charge is 2.51. The van der Waals surface area contributed by atoms with Crippen LogP contribution in [0, 0.1) is 0 Å². The molecular weight excluding hydrogens is 463 g/mol. The van der Waals surface area contributed by atoms with Crippen molar-refractivity contribution in [3.05, 3.63) is 125 Å². The first kappa shape index (κ1) is 20.5. The van der Waals surface area contributed by atoms with E-state index in [2.05, 4.69) is 105 Å². The third kappa shape index (κ3) is 2.40. The molecule has 0 spiro atoms. The van der Waals surface area contributed by atoms with Gasteiger partial charge in [0.25, 0.3) is 0 Å². The zero-order valence-corrected chi connectivity index (χ0v) is 21.2. The van der Waals surface area contributed by atoms with Crippen LogP contribution in [0.1, 0.15) is 30.5 Å². The molecule has 38 heavy (non-hydrogen) atoms. The number of hydrogen-bond acceptors (Lipinski definition) is 2. The van der Waals surface area contributed by atoms with Crippen molar-refractivity contribution in [1.29, 1.82) is 0 Å². The van der Waals surface area contributed by atoms with E-state index in [1.54, 1.807) is 0 Å². The lowest BCUT2D eigenvalue weighted by Gasteiger charge is -2.32. The van der Waals surface area contributed by atoms with Crippen LogP contribution in [0.5, 0.6) is 11.5 Å². The summed E-state index contributed by atoms with van der Waals surface area (Å²) < 4.78 is 13.0. The van der Waals surface area contributed by atoms with Crippen LogP contribution in [0.15, 0.2) is 113 Å². The number of furan rings is 1. The monoisotopic (exact) mass is 486 g/mol. The lowest BCUT2D eigenvalue weighted by atomic mass is 9.33. The van der Waals surface area contributed by atoms with Crippen molar-refractivity contribution in [3.63, 3.8) is 0 Å². The van der Waals surface area contributed by atoms with Crippen LogP contribution in [0.3, 0.4) is 0 Å². The molecule has 0 amide bonds. The Bertz CT molecular complexity index is 2040. The minimum absolute atomic E-state index is 0.0555. The molecule has 0 bridgehead atoms. The Morgan fingerprint density at radius 2 is 1.42 bits per heavy atom. The van der Waals surface area contributed by atoms with Gasteiger partial charge in [-0.25, -0.2) is 0 Å². The average molecular weight is 486 g/mol. The second-order valence-corrected chi connectivity index (χ2v) is 11.2. The van der Waals surface area contributed by atoms with E-state index in [9.17, 15) is 0 Å². The number of allylic oxidation sites excluding steroid dienone is 1. The number of hydrogen-bond donors (Lipinski definition) is 0. The molecule has 2 nitrogen and oxygen atoms in total. The van der Waals surface area contributed by atoms with Crippen LogP contribution in [-0.2, 0) is 5.41 Å². The Kier molecular flexibility index (Phi) is 3.72. The summed E-state index contributed by atoms with van der Waals surface area (Å²) in [6.07, 6.45) is 0. The minimum Gasteiger partial charge on any atom is -0.458 e. The molecule has 178 valence electrons. The molecule has 9 rings (SSSR count). The molecule has 0 atom stereocenters. The van der Waals surface area contributed by atoms with Gasteiger partial charge in [-0.2, -0.15) is 0 Å². The molecule has 0 radical (unpaired) electrons. The van der Waals surface area contributed by atoms with Gasteiger partial charge in [-0.1, -0.05) is 104 Å². The van der Waals surface area contributed by atoms with E-state index < -0.39 is 0 Å². The van der Waals surface area contributed by atoms with Gasteiger partial charge in [0.1, 0.15) is 22.7 Å². The zero-order chi connectivity index (χ0) is 25.2. The van der Waals surface area contributed by atoms with Crippen molar-refractivity contribution in [3.8, 4) is 22.6 Å². The molecule has 0 fully saturated rings. The first-order chi connectivity index (χ1) is 18.6. The Morgan fingerprint density at radius 1 is 0.658 bits per heavy atom. The molecule has 1 aliphatic carbocycles. The summed E-state index contributed by atoms with van der Waals surface area (Å²) >= 11 is 0. The normalized spacial score (nSPS) is 15.9. The van der Waals surface area contributed by atoms with Crippen molar-refractivity contribution >= 4 is 45.1 Å². The maximum Gasteiger partial charge on any atom is 0.249 e. The van der Waals surface area contributed by atoms with Crippen LogP contribution >= 0.6 is 0 Å². The van der Waals surface area contributed by atoms with E-state index in [1.807, 2.05) is 12.1 Å². The first-order valence-electron chi connectivity index (χ1n) is 13.3. The van der Waals surface area contributed by atoms with Gasteiger partial charge in [-0.3, -0.25) is 0 Å². The molecular formula is C35H23BO2. The van der Waals surface area contributed by atoms with Crippen molar-refractivity contribution in [2.24, 2.45) is 0 Å². The molecule has 2 aliphatic heterocycles. The highest BCUT2D eigenvalue weighted by Crippen LogP contribution is 2.54. The standard InChI is InChI=1S/C35H23BO2/c1-35(2)26-14-5-3-10-24(26)31-25-13-8-16-29-32(25)36(34(31)35)27-18-17-20(19-30(27)37-29)21-11-7-12-23-22-9-4-6-15-28(22)38-33(21)23/h3-19H,1-2H3. The van der Waals surface area contributed by atoms with Gasteiger partial charge in [0, 0.05) is 21.8 Å². The molecule has 0 saturated heterocycles. The van der Waals surface area contributed by atoms with Crippen molar-refractivity contribution < 1.29 is 9.15 Å². The van der Waals surface area contributed by atoms with Crippen LogP contribution < -0.4 is 15.7 Å². The highest BCUT2D eigenvalue weighted by molar-refractivity contribution is 6.95. The summed E-state index contributed by atoms with van der Waals surface area (Å²) in [5.41, 5.74) is 13.5. The predicted molar refractivity (Wildman–Crippen MR) is 156 cm³/mol. The molecule has 0 saturated carbocycles. The molecule has 0 N–H and O–H groups in total. The third-order valence-corrected chi connectivity index (χ3v) is 8.99. The van der Waals surface area contributed by atoms with Gasteiger partial charge in [0.05, 0.1) is 0 Å². The number of ether oxygens (including phenoxy) is 1. The van der Waals surface area contributed by atoms with E-state index in [4.69, 9.17) is 9.15 Å². The molecule has 5 aromatic carbocycles. The summed E-state index contributed by atoms with van der Waals surface area (Å²) in [4.78, 5) is 0. The van der Waals surface area contributed by atoms with Gasteiger partial charge in [0.2, 0.25) is 6.71 Å². The van der Waals surface area contributed by atoms with Gasteiger partial charge in [0.15, 0.2) is 0 Å². The number of rotatable bonds is 1. The fraction of sp³-hybridized carbons (Fsp3) is 0.0857. The Morgan fingerprint density at radius 3 is 2.37 bits per heavy atom. The van der Waals surface area contributed by atoms with Crippen molar-refractivity contribution in [2.45, 2.75) is 19.3 Å². The third-order valence-electron chi connectivity index (χ3n) is 8.99. The minimum atomic E-state index is -0.0555. The van der Waals surface area contributed by atoms with Crippen molar-refractivity contribution in [1.82, 2.24) is 0 Å². The smallest absolute Gasteiger partial charge is 0.249 e. The Labute approximate surface area is 221 Å². The number of fused-ring (bicyclic) bond motifs is 9. The summed E-state index contributed by atoms with van der Waals surface area (Å²) in [6.45, 7) is 4.95. The largest absolute Gasteiger partial charge is 0.458 e. The lowest BCUT2D eigenvalue weighted by Crippen LogP contribution is -2.49. The van der Waals surface area contributed by atoms with Crippen LogP contribution in [-0.4, -0.2) is 6.71 Å². The second-order valence-electron chi connectivity index (χ2n) is 11.2. The van der Waals surface area contributed by atoms with Crippen LogP contribution in [0.25, 0.3) is 38.6 Å². The van der Waals surface area contributed by atoms with E-state index in [0.29, 0.717) is 0 Å². The summed E-state index contributed by atoms with van der Waals surface area (Å²) in [6, 6.07) is 36.9. The quantitative estimate of drug-likeness (QED) is 0.223. The van der Waals surface area contributed by atoms with Gasteiger partial charge >= 0.3 is 0 Å². The predicted octanol–water partition coefficient (Wildman–Crippen LogP) is 7.61. The molecule has 3 heteroatoms. The zero-order valence-electron chi connectivity index (χ0n) is 21.2. The summed E-state index contributed by atoms with van der Waals surface area (Å²) in [7, 11) is 0. The van der Waals surface area contributed by atoms with E-state index >= 15 is 0 Å². The van der Waals surface area contributed by atoms with Gasteiger partial charge in [-0.15, -0.1) is 0 Å². The fourth-order valence-electron chi connectivity index (χ4n) is 7.37. The maximum atomic E-state index is 6.67. The van der Waals surface area contributed by atoms with Crippen LogP contribution in [0.4, 0.5) is 0 Å². The van der Waals surface area contributed by atoms with E-state index in [1.165, 1.54) is 38.7 Å². The second kappa shape index (κ2) is 6.87. The average Bonchev–Trinajstić information content (AvgIpc) is 3.57. The van der Waals surface area contributed by atoms with Crippen molar-refractivity contribution in [2.75, 3.05) is 0 Å². The Hall–Kier alpha value is -4.50. The highest BCUT2D eigenvalue weighted by atomic mass is 16.5. The van der Waals surface area contributed by atoms with Gasteiger partial charge < -0.3 is 9.15 Å². The first-order valence-corrected chi connectivity index (χ1v) is 13.3. The van der Waals surface area contributed by atoms with Gasteiger partial charge in [-0.05, 0) is 57.0 Å². The molecule has 6 aromatic rings. The lowest BCUT2D eigenvalue weighted by molar-refractivity contribution is 0.487. The van der Waals surface area contributed by atoms with E-state index in [0.717, 1.165) is 44.6 Å². The topological polar surface area (TPSA) is 22.4 Å². The van der Waals surface area contributed by atoms with E-state index in [-0.39, 0.29) is 12.1 Å². The molecule has 0 unspecified atom stereocenters. The molecule has 3 aliphatic rings. The van der Waals surface area contributed by atoms with Crippen LogP contribution in [0.2, 0.25) is 0 Å². The molecule has 3 heterocycles. The summed E-state index contributed by atoms with van der Waals surface area (Å²) in [5, 5.41) is 2.29. The number of para-hydroxylation sites is 2. The summed E-state index contributed by atoms with van der Waals surface area (Å²) in [5.74, 6) is 1.91. The maximum absolute atomic E-state index is 6.67. The number of benzene rings is 5. The fourth-order valence-corrected chi connectivity index (χ4v) is 7.37.